The summed E-state index contributed by atoms with van der Waals surface area (Å²) in [6, 6.07) is 2.36. The lowest BCUT2D eigenvalue weighted by molar-refractivity contribution is -0.148. The number of aryl methyl sites for hydroxylation is 1. The molecule has 2 aliphatic rings. The summed E-state index contributed by atoms with van der Waals surface area (Å²) < 4.78 is 10.4. The van der Waals surface area contributed by atoms with Crippen molar-refractivity contribution in [2.24, 2.45) is 10.7 Å². The van der Waals surface area contributed by atoms with Gasteiger partial charge in [0.1, 0.15) is 6.10 Å². The molecule has 1 aliphatic carbocycles. The fraction of sp³-hybridized carbons (Fsp3) is 0.609. The average Bonchev–Trinajstić information content (AvgIpc) is 3.58. The Kier molecular flexibility index (Phi) is 9.28. The number of carbonyl (C=O) groups is 2. The first kappa shape index (κ1) is 25.2. The number of hydrogen-bond donors (Lipinski definition) is 3. The molecule has 2 atom stereocenters. The predicted octanol–water partition coefficient (Wildman–Crippen LogP) is 2.08. The van der Waals surface area contributed by atoms with Crippen molar-refractivity contribution >= 4 is 35.1 Å². The molecule has 33 heavy (non-hydrogen) atoms. The Morgan fingerprint density at radius 1 is 1.48 bits per heavy atom. The number of amides is 2. The number of nitrogens with zero attached hydrogens (tertiary/aromatic N) is 2. The molecule has 4 N–H and O–H groups in total. The second kappa shape index (κ2) is 12.2. The van der Waals surface area contributed by atoms with Crippen LogP contribution in [0.4, 0.5) is 4.79 Å². The predicted molar refractivity (Wildman–Crippen MR) is 131 cm³/mol. The molecule has 9 nitrogen and oxygen atoms in total. The maximum atomic E-state index is 13.3. The maximum Gasteiger partial charge on any atom is 0.406 e. The molecule has 0 aromatic carbocycles. The van der Waals surface area contributed by atoms with Crippen molar-refractivity contribution in [1.29, 1.82) is 0 Å². The van der Waals surface area contributed by atoms with Gasteiger partial charge in [-0.15, -0.1) is 11.3 Å². The molecule has 3 rings (SSSR count). The first-order valence-electron chi connectivity index (χ1n) is 11.4. The summed E-state index contributed by atoms with van der Waals surface area (Å²) in [5, 5.41) is 5.97. The van der Waals surface area contributed by atoms with Crippen LogP contribution in [0.2, 0.25) is 0 Å². The van der Waals surface area contributed by atoms with Crippen LogP contribution in [0.15, 0.2) is 17.3 Å². The summed E-state index contributed by atoms with van der Waals surface area (Å²) in [5.41, 5.74) is 7.89. The first-order valence-corrected chi connectivity index (χ1v) is 12.2. The summed E-state index contributed by atoms with van der Waals surface area (Å²) >= 11 is 1.64. The highest BCUT2D eigenvalue weighted by Crippen LogP contribution is 2.40. The molecule has 0 spiro atoms. The molecule has 182 valence electrons. The molecule has 0 unspecified atom stereocenters. The molecule has 1 saturated carbocycles. The summed E-state index contributed by atoms with van der Waals surface area (Å²) in [7, 11) is 3.07. The van der Waals surface area contributed by atoms with Gasteiger partial charge >= 0.3 is 6.09 Å². The highest BCUT2D eigenvalue weighted by Gasteiger charge is 2.40. The quantitative estimate of drug-likeness (QED) is 0.351. The first-order chi connectivity index (χ1) is 16.0. The zero-order valence-corrected chi connectivity index (χ0v) is 20.5. The number of ether oxygens (including phenoxy) is 2. The molecular weight excluding hydrogens is 442 g/mol. The second-order valence-electron chi connectivity index (χ2n) is 8.25. The number of nitrogens with one attached hydrogen (secondary N) is 2. The number of aliphatic imine (C=N–C) groups is 1. The standard InChI is InChI=1S/C23H35N5O4S/c1-15(28(18-6-7-18)22(29)19-14-26-9-10-32-19)20-11-16(5-4-8-27-23(30)31-3)21(33-20)17(12-24)13-25-2/h11-13,15,18-19,26H,4-10,14,24H2,1-3H3,(H,27,30)/t15-,19-/m1/s1. The van der Waals surface area contributed by atoms with Gasteiger partial charge in [-0.05, 0) is 44.2 Å². The Morgan fingerprint density at radius 2 is 2.27 bits per heavy atom. The van der Waals surface area contributed by atoms with Crippen LogP contribution < -0.4 is 16.4 Å². The zero-order chi connectivity index (χ0) is 23.8. The average molecular weight is 478 g/mol. The van der Waals surface area contributed by atoms with Crippen LogP contribution in [0, 0.1) is 0 Å². The third-order valence-electron chi connectivity index (χ3n) is 5.84. The van der Waals surface area contributed by atoms with E-state index < -0.39 is 12.2 Å². The van der Waals surface area contributed by atoms with Gasteiger partial charge in [0.15, 0.2) is 0 Å². The number of carbonyl (C=O) groups excluding carboxylic acids is 2. The van der Waals surface area contributed by atoms with Crippen molar-refractivity contribution in [2.45, 2.75) is 50.8 Å². The number of hydrogen-bond acceptors (Lipinski definition) is 8. The third kappa shape index (κ3) is 6.55. The van der Waals surface area contributed by atoms with Gasteiger partial charge in [-0.2, -0.15) is 0 Å². The lowest BCUT2D eigenvalue weighted by Gasteiger charge is -2.33. The number of nitrogens with two attached hydrogens (primary N) is 1. The van der Waals surface area contributed by atoms with Gasteiger partial charge in [0.2, 0.25) is 0 Å². The minimum Gasteiger partial charge on any atom is -0.453 e. The van der Waals surface area contributed by atoms with E-state index in [1.165, 1.54) is 7.11 Å². The number of alkyl carbamates (subject to hydrolysis) is 1. The van der Waals surface area contributed by atoms with E-state index in [0.717, 1.165) is 53.1 Å². The van der Waals surface area contributed by atoms with Gasteiger partial charge in [-0.25, -0.2) is 4.79 Å². The monoisotopic (exact) mass is 477 g/mol. The van der Waals surface area contributed by atoms with Crippen molar-refractivity contribution in [3.8, 4) is 0 Å². The molecule has 0 radical (unpaired) electrons. The van der Waals surface area contributed by atoms with Gasteiger partial charge in [-0.1, -0.05) is 0 Å². The summed E-state index contributed by atoms with van der Waals surface area (Å²) in [5.74, 6) is 0.0562. The topological polar surface area (TPSA) is 118 Å². The molecule has 1 saturated heterocycles. The Bertz CT molecular complexity index is 874. The van der Waals surface area contributed by atoms with E-state index in [9.17, 15) is 9.59 Å². The molecule has 1 aromatic heterocycles. The van der Waals surface area contributed by atoms with Gasteiger partial charge in [-0.3, -0.25) is 9.79 Å². The van der Waals surface area contributed by atoms with E-state index >= 15 is 0 Å². The van der Waals surface area contributed by atoms with Gasteiger partial charge in [0.25, 0.3) is 5.91 Å². The highest BCUT2D eigenvalue weighted by molar-refractivity contribution is 7.13. The smallest absolute Gasteiger partial charge is 0.406 e. The van der Waals surface area contributed by atoms with E-state index in [2.05, 4.69) is 33.4 Å². The van der Waals surface area contributed by atoms with E-state index in [0.29, 0.717) is 19.7 Å². The van der Waals surface area contributed by atoms with Crippen LogP contribution in [-0.2, 0) is 20.7 Å². The largest absolute Gasteiger partial charge is 0.453 e. The number of morpholine rings is 1. The molecule has 2 fully saturated rings. The van der Waals surface area contributed by atoms with Gasteiger partial charge in [0.05, 0.1) is 19.8 Å². The molecular formula is C23H35N5O4S. The molecule has 2 amide bonds. The van der Waals surface area contributed by atoms with Gasteiger partial charge in [0, 0.05) is 60.5 Å². The Morgan fingerprint density at radius 3 is 2.88 bits per heavy atom. The van der Waals surface area contributed by atoms with Crippen molar-refractivity contribution < 1.29 is 19.1 Å². The molecule has 1 aromatic rings. The van der Waals surface area contributed by atoms with E-state index in [4.69, 9.17) is 10.5 Å². The third-order valence-corrected chi connectivity index (χ3v) is 7.24. The van der Waals surface area contributed by atoms with E-state index in [1.54, 1.807) is 30.8 Å². The lowest BCUT2D eigenvalue weighted by atomic mass is 10.0. The van der Waals surface area contributed by atoms with Crippen molar-refractivity contribution in [3.63, 3.8) is 0 Å². The SMILES string of the molecule is CN=CC(=CN)c1sc([C@@H](C)N(C(=O)[C@H]2CNCCO2)C2CC2)cc1CCCNC(=O)OC. The number of allylic oxidation sites excluding steroid dienone is 1. The lowest BCUT2D eigenvalue weighted by Crippen LogP contribution is -2.50. The normalized spacial score (nSPS) is 20.0. The van der Waals surface area contributed by atoms with Crippen molar-refractivity contribution in [2.75, 3.05) is 40.4 Å². The maximum absolute atomic E-state index is 13.3. The van der Waals surface area contributed by atoms with E-state index in [1.807, 2.05) is 4.90 Å². The molecule has 1 aliphatic heterocycles. The molecule has 2 heterocycles. The minimum absolute atomic E-state index is 0.0562. The Balaban J connectivity index is 1.81. The van der Waals surface area contributed by atoms with Crippen LogP contribution in [0.5, 0.6) is 0 Å². The summed E-state index contributed by atoms with van der Waals surface area (Å²) in [4.78, 5) is 33.0. The van der Waals surface area contributed by atoms with Crippen LogP contribution in [0.25, 0.3) is 5.57 Å². The van der Waals surface area contributed by atoms with Crippen molar-refractivity contribution in [1.82, 2.24) is 15.5 Å². The fourth-order valence-electron chi connectivity index (χ4n) is 4.01. The summed E-state index contributed by atoms with van der Waals surface area (Å²) in [6.45, 7) is 4.48. The molecule has 10 heteroatoms. The Labute approximate surface area is 199 Å². The zero-order valence-electron chi connectivity index (χ0n) is 19.6. The van der Waals surface area contributed by atoms with Crippen molar-refractivity contribution in [3.05, 3.63) is 27.6 Å². The van der Waals surface area contributed by atoms with Crippen LogP contribution in [0.1, 0.15) is 47.5 Å². The minimum atomic E-state index is -0.437. The van der Waals surface area contributed by atoms with Crippen LogP contribution in [0.3, 0.4) is 0 Å². The van der Waals surface area contributed by atoms with Gasteiger partial charge < -0.3 is 30.7 Å². The van der Waals surface area contributed by atoms with Crippen LogP contribution in [-0.4, -0.2) is 75.7 Å². The van der Waals surface area contributed by atoms with Crippen LogP contribution >= 0.6 is 11.3 Å². The number of rotatable bonds is 10. The number of methoxy groups -OCH3 is 1. The van der Waals surface area contributed by atoms with E-state index in [-0.39, 0.29) is 18.0 Å². The number of thiophene rings is 1. The second-order valence-corrected chi connectivity index (χ2v) is 9.33. The highest BCUT2D eigenvalue weighted by atomic mass is 32.1. The fourth-order valence-corrected chi connectivity index (χ4v) is 5.26. The molecule has 0 bridgehead atoms. The summed E-state index contributed by atoms with van der Waals surface area (Å²) in [6.07, 6.45) is 6.00. The Hall–Kier alpha value is -2.43.